The molecule has 0 saturated carbocycles. The summed E-state index contributed by atoms with van der Waals surface area (Å²) in [4.78, 5) is 0. The van der Waals surface area contributed by atoms with Gasteiger partial charge in [0.2, 0.25) is 0 Å². The van der Waals surface area contributed by atoms with Gasteiger partial charge in [-0.05, 0) is 49.3 Å². The Morgan fingerprint density at radius 2 is 1.88 bits per heavy atom. The summed E-state index contributed by atoms with van der Waals surface area (Å²) in [5.74, 6) is 1.04. The number of piperidine rings is 1. The van der Waals surface area contributed by atoms with E-state index in [0.29, 0.717) is 11.7 Å². The predicted molar refractivity (Wildman–Crippen MR) is 68.4 cm³/mol. The lowest BCUT2D eigenvalue weighted by atomic mass is 9.86. The number of hydrogen-bond donors (Lipinski definition) is 1. The number of benzene rings is 1. The topological polar surface area (TPSA) is 23.5 Å². The van der Waals surface area contributed by atoms with E-state index in [1.165, 1.54) is 31.2 Å². The molecule has 2 bridgehead atoms. The van der Waals surface area contributed by atoms with Crippen LogP contribution in [0.3, 0.4) is 0 Å². The Balaban J connectivity index is 1.83. The van der Waals surface area contributed by atoms with E-state index in [4.69, 9.17) is 0 Å². The molecule has 0 amide bonds. The number of phenols is 1. The zero-order chi connectivity index (χ0) is 11.1. The Hall–Kier alpha value is -0.590. The molecule has 86 valence electrons. The lowest BCUT2D eigenvalue weighted by Crippen LogP contribution is -2.34. The minimum absolute atomic E-state index is 0.401. The van der Waals surface area contributed by atoms with Crippen molar-refractivity contribution in [1.82, 2.24) is 4.67 Å². The number of fused-ring (bicyclic) bond motifs is 2. The van der Waals surface area contributed by atoms with Gasteiger partial charge in [-0.1, -0.05) is 21.5 Å². The maximum Gasteiger partial charge on any atom is 0.115 e. The molecular formula is C13H18NOP. The van der Waals surface area contributed by atoms with Gasteiger partial charge in [0.1, 0.15) is 5.75 Å². The first-order valence-corrected chi connectivity index (χ1v) is 6.57. The van der Waals surface area contributed by atoms with E-state index in [0.717, 1.165) is 12.1 Å². The Bertz CT molecular complexity index is 381. The molecule has 1 aromatic carbocycles. The lowest BCUT2D eigenvalue weighted by molar-refractivity contribution is 0.244. The highest BCUT2D eigenvalue weighted by molar-refractivity contribution is 7.13. The summed E-state index contributed by atoms with van der Waals surface area (Å²) in [6.07, 6.45) is 5.15. The van der Waals surface area contributed by atoms with Crippen molar-refractivity contribution < 1.29 is 5.11 Å². The highest BCUT2D eigenvalue weighted by Crippen LogP contribution is 2.44. The van der Waals surface area contributed by atoms with Gasteiger partial charge in [0, 0.05) is 12.1 Å². The fourth-order valence-electron chi connectivity index (χ4n) is 3.26. The smallest absolute Gasteiger partial charge is 0.115 e. The molecule has 2 unspecified atom stereocenters. The fraction of sp³-hybridized carbons (Fsp3) is 0.538. The summed E-state index contributed by atoms with van der Waals surface area (Å²) in [6, 6.07) is 9.26. The van der Waals surface area contributed by atoms with Crippen LogP contribution in [0.5, 0.6) is 5.75 Å². The van der Waals surface area contributed by atoms with Crippen molar-refractivity contribution in [3.05, 3.63) is 29.8 Å². The Morgan fingerprint density at radius 1 is 1.19 bits per heavy atom. The summed E-state index contributed by atoms with van der Waals surface area (Å²) in [6.45, 7) is 0. The molecule has 16 heavy (non-hydrogen) atoms. The molecule has 2 saturated heterocycles. The van der Waals surface area contributed by atoms with Gasteiger partial charge in [-0.15, -0.1) is 0 Å². The molecule has 2 aliphatic heterocycles. The van der Waals surface area contributed by atoms with E-state index in [1.807, 2.05) is 12.1 Å². The van der Waals surface area contributed by atoms with E-state index in [2.05, 4.69) is 20.1 Å². The van der Waals surface area contributed by atoms with Crippen LogP contribution in [0.1, 0.15) is 37.2 Å². The number of hydrogen-bond acceptors (Lipinski definition) is 2. The largest absolute Gasteiger partial charge is 0.508 e. The van der Waals surface area contributed by atoms with E-state index in [9.17, 15) is 5.11 Å². The average molecular weight is 235 g/mol. The molecule has 1 N–H and O–H groups in total. The third-order valence-corrected chi connectivity index (χ3v) is 4.97. The number of phenolic OH excluding ortho intramolecular Hbond substituents is 1. The van der Waals surface area contributed by atoms with Crippen molar-refractivity contribution >= 4 is 9.39 Å². The normalized spacial score (nSPS) is 34.2. The summed E-state index contributed by atoms with van der Waals surface area (Å²) >= 11 is 0. The van der Waals surface area contributed by atoms with Crippen LogP contribution in [0.25, 0.3) is 0 Å². The first-order chi connectivity index (χ1) is 7.74. The summed E-state index contributed by atoms with van der Waals surface area (Å²) in [5.41, 5.74) is 1.31. The van der Waals surface area contributed by atoms with Gasteiger partial charge in [-0.3, -0.25) is 4.67 Å². The molecule has 2 nitrogen and oxygen atoms in total. The van der Waals surface area contributed by atoms with Gasteiger partial charge in [0.05, 0.1) is 0 Å². The van der Waals surface area contributed by atoms with Crippen molar-refractivity contribution in [3.8, 4) is 5.75 Å². The zero-order valence-electron chi connectivity index (χ0n) is 9.34. The molecule has 0 aliphatic carbocycles. The summed E-state index contributed by atoms with van der Waals surface area (Å²) in [7, 11) is 2.89. The lowest BCUT2D eigenvalue weighted by Gasteiger charge is -2.36. The maximum absolute atomic E-state index is 9.53. The van der Waals surface area contributed by atoms with Gasteiger partial charge in [-0.2, -0.15) is 0 Å². The molecule has 3 heteroatoms. The van der Waals surface area contributed by atoms with Crippen LogP contribution in [0.4, 0.5) is 0 Å². The predicted octanol–water partition coefficient (Wildman–Crippen LogP) is 2.89. The van der Waals surface area contributed by atoms with Crippen LogP contribution in [0.2, 0.25) is 0 Å². The van der Waals surface area contributed by atoms with Crippen LogP contribution in [0, 0.1) is 0 Å². The zero-order valence-corrected chi connectivity index (χ0v) is 10.5. The van der Waals surface area contributed by atoms with Crippen LogP contribution < -0.4 is 0 Å². The molecule has 0 radical (unpaired) electrons. The van der Waals surface area contributed by atoms with Crippen molar-refractivity contribution in [2.75, 3.05) is 0 Å². The van der Waals surface area contributed by atoms with Crippen LogP contribution >= 0.6 is 9.39 Å². The van der Waals surface area contributed by atoms with E-state index < -0.39 is 0 Å². The quantitative estimate of drug-likeness (QED) is 0.756. The molecule has 4 atom stereocenters. The summed E-state index contributed by atoms with van der Waals surface area (Å²) < 4.78 is 2.47. The fourth-order valence-corrected chi connectivity index (χ4v) is 3.81. The molecule has 0 spiro atoms. The molecule has 2 heterocycles. The third-order valence-electron chi connectivity index (χ3n) is 4.13. The standard InChI is InChI=1S/C13H18NOP/c15-13-3-1-2-9(8-13)10-6-11-4-5-12(7-10)14(11)16/h1-3,8,10-12,15H,4-7,16H2/t10?,11-,12+. The van der Waals surface area contributed by atoms with Crippen molar-refractivity contribution in [2.24, 2.45) is 0 Å². The van der Waals surface area contributed by atoms with Gasteiger partial charge in [0.15, 0.2) is 0 Å². The highest BCUT2D eigenvalue weighted by atomic mass is 31.0. The second kappa shape index (κ2) is 4.01. The van der Waals surface area contributed by atoms with Crippen molar-refractivity contribution in [2.45, 2.75) is 43.7 Å². The first kappa shape index (κ1) is 10.6. The molecule has 2 fully saturated rings. The minimum atomic E-state index is 0.401. The van der Waals surface area contributed by atoms with Crippen LogP contribution in [-0.4, -0.2) is 21.9 Å². The molecule has 3 rings (SSSR count). The SMILES string of the molecule is Oc1cccc(C2C[C@H]3CC[C@@H](C2)N3P)c1. The Kier molecular flexibility index (Phi) is 2.65. The second-order valence-electron chi connectivity index (χ2n) is 5.10. The van der Waals surface area contributed by atoms with Crippen molar-refractivity contribution in [3.63, 3.8) is 0 Å². The number of nitrogens with zero attached hydrogens (tertiary/aromatic N) is 1. The van der Waals surface area contributed by atoms with Gasteiger partial charge < -0.3 is 5.11 Å². The highest BCUT2D eigenvalue weighted by Gasteiger charge is 2.38. The molecule has 0 aromatic heterocycles. The number of aromatic hydroxyl groups is 1. The molecule has 2 aliphatic rings. The van der Waals surface area contributed by atoms with E-state index in [1.54, 1.807) is 6.07 Å². The van der Waals surface area contributed by atoms with Gasteiger partial charge >= 0.3 is 0 Å². The first-order valence-electron chi connectivity index (χ1n) is 6.06. The third kappa shape index (κ3) is 1.74. The van der Waals surface area contributed by atoms with E-state index >= 15 is 0 Å². The monoisotopic (exact) mass is 235 g/mol. The summed E-state index contributed by atoms with van der Waals surface area (Å²) in [5, 5.41) is 9.53. The van der Waals surface area contributed by atoms with Gasteiger partial charge in [-0.25, -0.2) is 0 Å². The maximum atomic E-state index is 9.53. The van der Waals surface area contributed by atoms with Crippen molar-refractivity contribution in [1.29, 1.82) is 0 Å². The molecular weight excluding hydrogens is 217 g/mol. The Morgan fingerprint density at radius 3 is 2.50 bits per heavy atom. The molecule has 1 aromatic rings. The number of rotatable bonds is 1. The second-order valence-corrected chi connectivity index (χ2v) is 5.69. The van der Waals surface area contributed by atoms with Crippen LogP contribution in [-0.2, 0) is 0 Å². The Labute approximate surface area is 98.9 Å². The van der Waals surface area contributed by atoms with E-state index in [-0.39, 0.29) is 0 Å². The van der Waals surface area contributed by atoms with Crippen LogP contribution in [0.15, 0.2) is 24.3 Å². The minimum Gasteiger partial charge on any atom is -0.508 e. The van der Waals surface area contributed by atoms with Gasteiger partial charge in [0.25, 0.3) is 0 Å². The average Bonchev–Trinajstić information content (AvgIpc) is 2.53.